The number of carbonyl (C=O) groups is 2. The number of hydrogen-bond acceptors (Lipinski definition) is 4. The van der Waals surface area contributed by atoms with Crippen molar-refractivity contribution in [2.45, 2.75) is 51.8 Å². The van der Waals surface area contributed by atoms with E-state index in [9.17, 15) is 14.0 Å². The average molecular weight is 367 g/mol. The summed E-state index contributed by atoms with van der Waals surface area (Å²) in [5, 5.41) is 14.4. The third-order valence-corrected chi connectivity index (χ3v) is 4.26. The second-order valence-electron chi connectivity index (χ2n) is 6.68. The van der Waals surface area contributed by atoms with Gasteiger partial charge in [-0.3, -0.25) is 9.69 Å². The molecule has 0 spiro atoms. The monoisotopic (exact) mass is 367 g/mol. The number of carboxylic acids is 1. The summed E-state index contributed by atoms with van der Waals surface area (Å²) >= 11 is 0. The van der Waals surface area contributed by atoms with Gasteiger partial charge in [0.1, 0.15) is 11.6 Å². The van der Waals surface area contributed by atoms with Crippen LogP contribution in [0.15, 0.2) is 18.2 Å². The van der Waals surface area contributed by atoms with Crippen molar-refractivity contribution >= 4 is 17.7 Å². The lowest BCUT2D eigenvalue weighted by Crippen LogP contribution is -2.55. The number of anilines is 1. The number of hydrogen-bond donors (Lipinski definition) is 3. The topological polar surface area (TPSA) is 90.9 Å². The lowest BCUT2D eigenvalue weighted by atomic mass is 9.85. The van der Waals surface area contributed by atoms with Crippen LogP contribution in [0.25, 0.3) is 0 Å². The molecule has 0 aliphatic heterocycles. The molecule has 26 heavy (non-hydrogen) atoms. The van der Waals surface area contributed by atoms with E-state index in [-0.39, 0.29) is 30.4 Å². The molecule has 3 N–H and O–H groups in total. The molecule has 7 nitrogen and oxygen atoms in total. The van der Waals surface area contributed by atoms with Crippen molar-refractivity contribution in [2.75, 3.05) is 18.4 Å². The van der Waals surface area contributed by atoms with Crippen LogP contribution in [-0.4, -0.2) is 53.3 Å². The molecule has 0 saturated heterocycles. The Hall–Kier alpha value is -2.35. The molecule has 2 rings (SSSR count). The third kappa shape index (κ3) is 5.59. The van der Waals surface area contributed by atoms with Gasteiger partial charge in [0.25, 0.3) is 0 Å². The summed E-state index contributed by atoms with van der Waals surface area (Å²) in [7, 11) is 0. The zero-order chi connectivity index (χ0) is 19.3. The van der Waals surface area contributed by atoms with E-state index >= 15 is 0 Å². The Kier molecular flexibility index (Phi) is 6.79. The quantitative estimate of drug-likeness (QED) is 0.657. The number of rotatable bonds is 8. The zero-order valence-corrected chi connectivity index (χ0v) is 15.3. The van der Waals surface area contributed by atoms with Gasteiger partial charge < -0.3 is 20.5 Å². The maximum atomic E-state index is 13.5. The van der Waals surface area contributed by atoms with Gasteiger partial charge in [0, 0.05) is 18.2 Å². The van der Waals surface area contributed by atoms with Gasteiger partial charge in [0.05, 0.1) is 18.3 Å². The zero-order valence-electron chi connectivity index (χ0n) is 15.3. The van der Waals surface area contributed by atoms with Crippen LogP contribution in [0.4, 0.5) is 14.9 Å². The van der Waals surface area contributed by atoms with Crippen LogP contribution in [0.1, 0.15) is 33.6 Å². The number of nitrogens with zero attached hydrogens (tertiary/aromatic N) is 1. The highest BCUT2D eigenvalue weighted by atomic mass is 19.1. The van der Waals surface area contributed by atoms with Crippen LogP contribution in [0, 0.1) is 5.82 Å². The number of aliphatic carboxylic acids is 1. The Labute approximate surface area is 152 Å². The lowest BCUT2D eigenvalue weighted by molar-refractivity contribution is -0.139. The van der Waals surface area contributed by atoms with Gasteiger partial charge in [-0.25, -0.2) is 9.18 Å². The molecule has 0 bridgehead atoms. The van der Waals surface area contributed by atoms with Gasteiger partial charge >= 0.3 is 12.0 Å². The van der Waals surface area contributed by atoms with Crippen molar-refractivity contribution < 1.29 is 23.8 Å². The summed E-state index contributed by atoms with van der Waals surface area (Å²) in [6, 6.07) is 3.65. The third-order valence-electron chi connectivity index (χ3n) is 4.26. The van der Waals surface area contributed by atoms with Crippen molar-refractivity contribution in [1.29, 1.82) is 0 Å². The van der Waals surface area contributed by atoms with E-state index in [2.05, 4.69) is 10.6 Å². The summed E-state index contributed by atoms with van der Waals surface area (Å²) in [5.74, 6) is -0.918. The van der Waals surface area contributed by atoms with Crippen molar-refractivity contribution in [3.8, 4) is 5.75 Å². The molecule has 1 fully saturated rings. The number of ether oxygens (including phenoxy) is 1. The predicted molar refractivity (Wildman–Crippen MR) is 96.0 cm³/mol. The van der Waals surface area contributed by atoms with Gasteiger partial charge in [0.2, 0.25) is 0 Å². The number of carbonyl (C=O) groups excluding carboxylic acids is 1. The van der Waals surface area contributed by atoms with Gasteiger partial charge in [0.15, 0.2) is 0 Å². The summed E-state index contributed by atoms with van der Waals surface area (Å²) in [5.41, 5.74) is 0.271. The maximum Gasteiger partial charge on any atom is 0.319 e. The SMILES string of the molecule is CCN(CC(=O)O)C1CC(NC(=O)Nc2cc(F)ccc2OC(C)C)C1. The fraction of sp³-hybridized carbons (Fsp3) is 0.556. The molecule has 0 atom stereocenters. The van der Waals surface area contributed by atoms with E-state index in [1.54, 1.807) is 0 Å². The molecule has 144 valence electrons. The van der Waals surface area contributed by atoms with E-state index < -0.39 is 17.8 Å². The number of amides is 2. The first-order valence-corrected chi connectivity index (χ1v) is 8.78. The molecule has 0 radical (unpaired) electrons. The molecule has 1 aromatic rings. The average Bonchev–Trinajstić information content (AvgIpc) is 2.50. The molecule has 1 saturated carbocycles. The molecule has 1 aromatic carbocycles. The standard InChI is InChI=1S/C18H26FN3O4/c1-4-22(10-17(23)24)14-8-13(9-14)20-18(25)21-15-7-12(19)5-6-16(15)26-11(2)3/h5-7,11,13-14H,4,8-10H2,1-3H3,(H,23,24)(H2,20,21,25). The normalized spacial score (nSPS) is 19.2. The van der Waals surface area contributed by atoms with E-state index in [0.717, 1.165) is 0 Å². The van der Waals surface area contributed by atoms with E-state index in [4.69, 9.17) is 9.84 Å². The number of carboxylic acid groups (broad SMARTS) is 1. The smallest absolute Gasteiger partial charge is 0.319 e. The van der Waals surface area contributed by atoms with Crippen molar-refractivity contribution in [3.05, 3.63) is 24.0 Å². The van der Waals surface area contributed by atoms with E-state index in [0.29, 0.717) is 25.1 Å². The lowest BCUT2D eigenvalue weighted by Gasteiger charge is -2.42. The highest BCUT2D eigenvalue weighted by Gasteiger charge is 2.34. The largest absolute Gasteiger partial charge is 0.489 e. The summed E-state index contributed by atoms with van der Waals surface area (Å²) < 4.78 is 19.1. The van der Waals surface area contributed by atoms with Gasteiger partial charge in [-0.2, -0.15) is 0 Å². The molecule has 8 heteroatoms. The predicted octanol–water partition coefficient (Wildman–Crippen LogP) is 2.67. The molecule has 0 heterocycles. The maximum absolute atomic E-state index is 13.5. The van der Waals surface area contributed by atoms with Crippen molar-refractivity contribution in [1.82, 2.24) is 10.2 Å². The van der Waals surface area contributed by atoms with Gasteiger partial charge in [-0.05, 0) is 45.4 Å². The Morgan fingerprint density at radius 1 is 1.38 bits per heavy atom. The second-order valence-corrected chi connectivity index (χ2v) is 6.68. The fourth-order valence-electron chi connectivity index (χ4n) is 2.98. The van der Waals surface area contributed by atoms with Crippen LogP contribution >= 0.6 is 0 Å². The second kappa shape index (κ2) is 8.84. The molecule has 1 aliphatic carbocycles. The summed E-state index contributed by atoms with van der Waals surface area (Å²) in [4.78, 5) is 24.9. The van der Waals surface area contributed by atoms with Crippen LogP contribution in [-0.2, 0) is 4.79 Å². The molecule has 1 aliphatic rings. The first kappa shape index (κ1) is 20.0. The Morgan fingerprint density at radius 2 is 2.08 bits per heavy atom. The molecular formula is C18H26FN3O4. The molecule has 2 amide bonds. The molecule has 0 unspecified atom stereocenters. The van der Waals surface area contributed by atoms with Gasteiger partial charge in [-0.15, -0.1) is 0 Å². The van der Waals surface area contributed by atoms with Crippen LogP contribution in [0.2, 0.25) is 0 Å². The Morgan fingerprint density at radius 3 is 2.65 bits per heavy atom. The van der Waals surface area contributed by atoms with Gasteiger partial charge in [-0.1, -0.05) is 6.92 Å². The number of nitrogens with one attached hydrogen (secondary N) is 2. The number of urea groups is 1. The van der Waals surface area contributed by atoms with Crippen LogP contribution in [0.3, 0.4) is 0 Å². The van der Waals surface area contributed by atoms with Crippen molar-refractivity contribution in [2.24, 2.45) is 0 Å². The minimum atomic E-state index is -0.857. The minimum absolute atomic E-state index is 0.000718. The minimum Gasteiger partial charge on any atom is -0.489 e. The Balaban J connectivity index is 1.87. The van der Waals surface area contributed by atoms with Crippen molar-refractivity contribution in [3.63, 3.8) is 0 Å². The van der Waals surface area contributed by atoms with Crippen LogP contribution < -0.4 is 15.4 Å². The highest BCUT2D eigenvalue weighted by Crippen LogP contribution is 2.28. The summed E-state index contributed by atoms with van der Waals surface area (Å²) in [6.45, 7) is 6.25. The molecular weight excluding hydrogens is 341 g/mol. The molecule has 0 aromatic heterocycles. The first-order valence-electron chi connectivity index (χ1n) is 8.78. The highest BCUT2D eigenvalue weighted by molar-refractivity contribution is 5.91. The van der Waals surface area contributed by atoms with Crippen LogP contribution in [0.5, 0.6) is 5.75 Å². The summed E-state index contributed by atoms with van der Waals surface area (Å²) in [6.07, 6.45) is 1.27. The fourth-order valence-corrected chi connectivity index (χ4v) is 2.98. The number of benzene rings is 1. The Bertz CT molecular complexity index is 647. The number of likely N-dealkylation sites (N-methyl/N-ethyl adjacent to an activating group) is 1. The van der Waals surface area contributed by atoms with E-state index in [1.165, 1.54) is 18.2 Å². The number of halogens is 1. The van der Waals surface area contributed by atoms with E-state index in [1.807, 2.05) is 25.7 Å². The first-order chi connectivity index (χ1) is 12.3.